The summed E-state index contributed by atoms with van der Waals surface area (Å²) in [6.07, 6.45) is 3.25. The minimum atomic E-state index is -0.0647. The number of hydrogen-bond acceptors (Lipinski definition) is 3. The largest absolute Gasteiger partial charge is 0.496 e. The Balaban J connectivity index is 1.74. The van der Waals surface area contributed by atoms with Crippen molar-refractivity contribution in [3.8, 4) is 11.5 Å². The summed E-state index contributed by atoms with van der Waals surface area (Å²) in [5.74, 6) is 1.46. The van der Waals surface area contributed by atoms with E-state index < -0.39 is 0 Å². The summed E-state index contributed by atoms with van der Waals surface area (Å²) in [7, 11) is 1.63. The van der Waals surface area contributed by atoms with Crippen molar-refractivity contribution in [2.24, 2.45) is 0 Å². The first-order valence-electron chi connectivity index (χ1n) is 9.78. The Labute approximate surface area is 166 Å². The van der Waals surface area contributed by atoms with E-state index >= 15 is 0 Å². The molecule has 3 rings (SSSR count). The van der Waals surface area contributed by atoms with Crippen molar-refractivity contribution in [3.63, 3.8) is 0 Å². The molecule has 0 heterocycles. The van der Waals surface area contributed by atoms with Crippen LogP contribution >= 0.6 is 0 Å². The summed E-state index contributed by atoms with van der Waals surface area (Å²) in [5.41, 5.74) is 1.46. The van der Waals surface area contributed by atoms with Crippen LogP contribution in [-0.4, -0.2) is 19.6 Å². The summed E-state index contributed by atoms with van der Waals surface area (Å²) in [6.45, 7) is 3.17. The van der Waals surface area contributed by atoms with Gasteiger partial charge < -0.3 is 14.8 Å². The van der Waals surface area contributed by atoms with E-state index in [-0.39, 0.29) is 5.91 Å². The number of carbonyl (C=O) groups is 1. The van der Waals surface area contributed by atoms with Gasteiger partial charge in [-0.05, 0) is 36.1 Å². The van der Waals surface area contributed by atoms with Crippen molar-refractivity contribution in [3.05, 3.63) is 71.8 Å². The van der Waals surface area contributed by atoms with Gasteiger partial charge in [-0.2, -0.15) is 0 Å². The van der Waals surface area contributed by atoms with E-state index in [2.05, 4.69) is 24.4 Å². The van der Waals surface area contributed by atoms with E-state index in [1.54, 1.807) is 13.2 Å². The monoisotopic (exact) mass is 377 g/mol. The average Bonchev–Trinajstić information content (AvgIpc) is 2.74. The van der Waals surface area contributed by atoms with Gasteiger partial charge in [0.15, 0.2) is 0 Å². The number of methoxy groups -OCH3 is 1. The maximum Gasteiger partial charge on any atom is 0.251 e. The maximum atomic E-state index is 12.4. The summed E-state index contributed by atoms with van der Waals surface area (Å²) in [4.78, 5) is 12.4. The van der Waals surface area contributed by atoms with E-state index in [9.17, 15) is 4.79 Å². The van der Waals surface area contributed by atoms with E-state index in [0.29, 0.717) is 24.5 Å². The Bertz CT molecular complexity index is 931. The van der Waals surface area contributed by atoms with Gasteiger partial charge >= 0.3 is 0 Å². The molecule has 0 aliphatic rings. The molecule has 3 aromatic rings. The number of nitrogens with one attached hydrogen (secondary N) is 1. The lowest BCUT2D eigenvalue weighted by Crippen LogP contribution is -2.24. The Morgan fingerprint density at radius 3 is 2.61 bits per heavy atom. The van der Waals surface area contributed by atoms with Gasteiger partial charge in [0.05, 0.1) is 7.11 Å². The number of fused-ring (bicyclic) bond motifs is 1. The number of ether oxygens (including phenoxy) is 2. The highest BCUT2D eigenvalue weighted by Crippen LogP contribution is 2.28. The highest BCUT2D eigenvalue weighted by molar-refractivity contribution is 5.94. The molecule has 0 radical (unpaired) electrons. The lowest BCUT2D eigenvalue weighted by molar-refractivity contribution is 0.0952. The number of hydrogen-bond donors (Lipinski definition) is 1. The third kappa shape index (κ3) is 4.83. The molecule has 0 fully saturated rings. The van der Waals surface area contributed by atoms with Crippen LogP contribution in [0.2, 0.25) is 0 Å². The van der Waals surface area contributed by atoms with Crippen molar-refractivity contribution in [2.75, 3.05) is 13.7 Å². The number of unbranched alkanes of at least 4 members (excludes halogenated alkanes) is 2. The van der Waals surface area contributed by atoms with Gasteiger partial charge in [-0.15, -0.1) is 0 Å². The molecule has 28 heavy (non-hydrogen) atoms. The van der Waals surface area contributed by atoms with Crippen LogP contribution in [0.4, 0.5) is 0 Å². The summed E-state index contributed by atoms with van der Waals surface area (Å²) < 4.78 is 11.5. The molecule has 0 aliphatic carbocycles. The maximum absolute atomic E-state index is 12.4. The Morgan fingerprint density at radius 1 is 0.964 bits per heavy atom. The number of rotatable bonds is 9. The van der Waals surface area contributed by atoms with E-state index in [1.807, 2.05) is 42.5 Å². The topological polar surface area (TPSA) is 47.6 Å². The second-order valence-corrected chi connectivity index (χ2v) is 6.76. The van der Waals surface area contributed by atoms with Crippen LogP contribution in [0.15, 0.2) is 60.7 Å². The van der Waals surface area contributed by atoms with Crippen LogP contribution in [0.1, 0.15) is 42.1 Å². The molecule has 0 saturated heterocycles. The second kappa shape index (κ2) is 9.79. The highest BCUT2D eigenvalue weighted by Gasteiger charge is 2.11. The summed E-state index contributed by atoms with van der Waals surface area (Å²) >= 11 is 0. The first-order chi connectivity index (χ1) is 13.7. The normalized spacial score (nSPS) is 10.6. The third-order valence-corrected chi connectivity index (χ3v) is 4.74. The minimum Gasteiger partial charge on any atom is -0.496 e. The molecule has 146 valence electrons. The standard InChI is InChI=1S/C24H27NO3/c1-3-4-7-15-25-24(26)19-13-14-22(27-2)20(16-19)17-28-23-12-8-10-18-9-5-6-11-21(18)23/h5-6,8-14,16H,3-4,7,15,17H2,1-2H3,(H,25,26). The Hall–Kier alpha value is -3.01. The van der Waals surface area contributed by atoms with Gasteiger partial charge in [0.1, 0.15) is 18.1 Å². The molecule has 0 unspecified atom stereocenters. The van der Waals surface area contributed by atoms with Crippen molar-refractivity contribution in [1.29, 1.82) is 0 Å². The van der Waals surface area contributed by atoms with Crippen molar-refractivity contribution >= 4 is 16.7 Å². The quantitative estimate of drug-likeness (QED) is 0.512. The Morgan fingerprint density at radius 2 is 1.79 bits per heavy atom. The molecule has 0 spiro atoms. The first kappa shape index (κ1) is 19.7. The molecular weight excluding hydrogens is 350 g/mol. The van der Waals surface area contributed by atoms with Gasteiger partial charge in [0, 0.05) is 23.1 Å². The second-order valence-electron chi connectivity index (χ2n) is 6.76. The summed E-state index contributed by atoms with van der Waals surface area (Å²) in [5, 5.41) is 5.17. The molecule has 0 bridgehead atoms. The number of carbonyl (C=O) groups excluding carboxylic acids is 1. The van der Waals surface area contributed by atoms with E-state index in [1.165, 1.54) is 0 Å². The van der Waals surface area contributed by atoms with Crippen molar-refractivity contribution in [1.82, 2.24) is 5.32 Å². The molecule has 1 amide bonds. The molecule has 4 nitrogen and oxygen atoms in total. The molecule has 4 heteroatoms. The predicted octanol–water partition coefficient (Wildman–Crippen LogP) is 5.35. The smallest absolute Gasteiger partial charge is 0.251 e. The molecule has 3 aromatic carbocycles. The SMILES string of the molecule is CCCCCNC(=O)c1ccc(OC)c(COc2cccc3ccccc23)c1. The Kier molecular flexibility index (Phi) is 6.90. The van der Waals surface area contributed by atoms with E-state index in [4.69, 9.17) is 9.47 Å². The zero-order valence-electron chi connectivity index (χ0n) is 16.5. The molecular formula is C24H27NO3. The third-order valence-electron chi connectivity index (χ3n) is 4.74. The van der Waals surface area contributed by atoms with Gasteiger partial charge in [-0.3, -0.25) is 4.79 Å². The van der Waals surface area contributed by atoms with Crippen molar-refractivity contribution in [2.45, 2.75) is 32.8 Å². The summed E-state index contributed by atoms with van der Waals surface area (Å²) in [6, 6.07) is 19.6. The van der Waals surface area contributed by atoms with Crippen LogP contribution in [-0.2, 0) is 6.61 Å². The fourth-order valence-electron chi connectivity index (χ4n) is 3.19. The van der Waals surface area contributed by atoms with Crippen LogP contribution < -0.4 is 14.8 Å². The van der Waals surface area contributed by atoms with Gasteiger partial charge in [-0.25, -0.2) is 0 Å². The first-order valence-corrected chi connectivity index (χ1v) is 9.78. The fourth-order valence-corrected chi connectivity index (χ4v) is 3.19. The fraction of sp³-hybridized carbons (Fsp3) is 0.292. The average molecular weight is 377 g/mol. The number of benzene rings is 3. The minimum absolute atomic E-state index is 0.0647. The number of amides is 1. The van der Waals surface area contributed by atoms with Gasteiger partial charge in [0.2, 0.25) is 0 Å². The van der Waals surface area contributed by atoms with Crippen LogP contribution in [0.3, 0.4) is 0 Å². The van der Waals surface area contributed by atoms with E-state index in [0.717, 1.165) is 41.3 Å². The van der Waals surface area contributed by atoms with Gasteiger partial charge in [-0.1, -0.05) is 56.2 Å². The van der Waals surface area contributed by atoms with Crippen molar-refractivity contribution < 1.29 is 14.3 Å². The molecule has 1 N–H and O–H groups in total. The molecule has 0 saturated carbocycles. The lowest BCUT2D eigenvalue weighted by Gasteiger charge is -2.13. The molecule has 0 aliphatic heterocycles. The van der Waals surface area contributed by atoms with Crippen LogP contribution in [0.5, 0.6) is 11.5 Å². The zero-order chi connectivity index (χ0) is 19.8. The van der Waals surface area contributed by atoms with Crippen LogP contribution in [0, 0.1) is 0 Å². The van der Waals surface area contributed by atoms with Crippen LogP contribution in [0.25, 0.3) is 10.8 Å². The molecule has 0 aromatic heterocycles. The lowest BCUT2D eigenvalue weighted by atomic mass is 10.1. The van der Waals surface area contributed by atoms with Gasteiger partial charge in [0.25, 0.3) is 5.91 Å². The highest BCUT2D eigenvalue weighted by atomic mass is 16.5. The zero-order valence-corrected chi connectivity index (χ0v) is 16.5. The molecule has 0 atom stereocenters. The predicted molar refractivity (Wildman–Crippen MR) is 113 cm³/mol.